The van der Waals surface area contributed by atoms with Gasteiger partial charge in [-0.3, -0.25) is 14.6 Å². The van der Waals surface area contributed by atoms with E-state index in [1.807, 2.05) is 30.3 Å². The van der Waals surface area contributed by atoms with E-state index in [1.54, 1.807) is 19.2 Å². The number of likely N-dealkylation sites (tertiary alicyclic amines) is 1. The lowest BCUT2D eigenvalue weighted by molar-refractivity contribution is 0.0796. The predicted octanol–water partition coefficient (Wildman–Crippen LogP) is 2.86. The van der Waals surface area contributed by atoms with E-state index in [4.69, 9.17) is 5.73 Å². The first-order chi connectivity index (χ1) is 13.9. The van der Waals surface area contributed by atoms with Gasteiger partial charge in [-0.25, -0.2) is 9.78 Å². The zero-order valence-electron chi connectivity index (χ0n) is 16.1. The van der Waals surface area contributed by atoms with Gasteiger partial charge in [0.1, 0.15) is 11.3 Å². The van der Waals surface area contributed by atoms with Crippen LogP contribution in [-0.2, 0) is 6.54 Å². The average molecular weight is 393 g/mol. The fraction of sp³-hybridized carbons (Fsp3) is 0.286. The lowest BCUT2D eigenvalue weighted by Gasteiger charge is -2.30. The molecule has 150 valence electrons. The van der Waals surface area contributed by atoms with Crippen molar-refractivity contribution in [2.24, 2.45) is 5.73 Å². The molecule has 2 amide bonds. The Morgan fingerprint density at radius 1 is 1.28 bits per heavy atom. The van der Waals surface area contributed by atoms with Crippen molar-refractivity contribution >= 4 is 23.0 Å². The zero-order chi connectivity index (χ0) is 20.5. The summed E-state index contributed by atoms with van der Waals surface area (Å²) in [4.78, 5) is 34.2. The Bertz CT molecular complexity index is 1060. The summed E-state index contributed by atoms with van der Waals surface area (Å²) in [5.74, 6) is 0.167. The highest BCUT2D eigenvalue weighted by Crippen LogP contribution is 2.25. The first-order valence-corrected chi connectivity index (χ1v) is 9.51. The van der Waals surface area contributed by atoms with Gasteiger partial charge < -0.3 is 15.8 Å². The smallest absolute Gasteiger partial charge is 0.408 e. The molecule has 4 N–H and O–H groups in total. The number of nitrogens with zero attached hydrogens (tertiary/aromatic N) is 3. The molecular formula is C21H23N5O3. The third-order valence-corrected chi connectivity index (χ3v) is 5.47. The molecule has 0 saturated carbocycles. The molecule has 0 aliphatic carbocycles. The van der Waals surface area contributed by atoms with Crippen molar-refractivity contribution in [2.75, 3.05) is 13.6 Å². The first-order valence-electron chi connectivity index (χ1n) is 9.51. The molecule has 29 heavy (non-hydrogen) atoms. The molecule has 1 fully saturated rings. The van der Waals surface area contributed by atoms with Gasteiger partial charge in [-0.1, -0.05) is 30.3 Å². The normalized spacial score (nSPS) is 16.9. The Hall–Kier alpha value is -3.39. The van der Waals surface area contributed by atoms with Crippen LogP contribution in [0.5, 0.6) is 0 Å². The fourth-order valence-electron chi connectivity index (χ4n) is 3.93. The van der Waals surface area contributed by atoms with Gasteiger partial charge >= 0.3 is 6.09 Å². The molecule has 1 aromatic heterocycles. The van der Waals surface area contributed by atoms with Crippen LogP contribution in [0.15, 0.2) is 42.5 Å². The Kier molecular flexibility index (Phi) is 4.94. The number of fused-ring (bicyclic) bond motifs is 1. The minimum Gasteiger partial charge on any atom is -0.465 e. The van der Waals surface area contributed by atoms with Crippen molar-refractivity contribution in [1.29, 1.82) is 0 Å². The predicted molar refractivity (Wildman–Crippen MR) is 109 cm³/mol. The topological polar surface area (TPSA) is 116 Å². The van der Waals surface area contributed by atoms with Gasteiger partial charge in [0.15, 0.2) is 0 Å². The summed E-state index contributed by atoms with van der Waals surface area (Å²) >= 11 is 0. The number of carbonyl (C=O) groups excluding carboxylic acids is 1. The van der Waals surface area contributed by atoms with Crippen LogP contribution in [0.2, 0.25) is 0 Å². The molecule has 2 aromatic carbocycles. The maximum absolute atomic E-state index is 11.6. The van der Waals surface area contributed by atoms with E-state index < -0.39 is 12.0 Å². The second kappa shape index (κ2) is 7.56. The number of imidazole rings is 1. The van der Waals surface area contributed by atoms with Crippen molar-refractivity contribution in [3.8, 4) is 11.4 Å². The maximum atomic E-state index is 11.6. The van der Waals surface area contributed by atoms with Gasteiger partial charge in [0.05, 0.1) is 17.2 Å². The lowest BCUT2D eigenvalue weighted by atomic mass is 10.1. The van der Waals surface area contributed by atoms with E-state index in [2.05, 4.69) is 14.9 Å². The van der Waals surface area contributed by atoms with Crippen LogP contribution in [0, 0.1) is 0 Å². The molecule has 8 nitrogen and oxygen atoms in total. The largest absolute Gasteiger partial charge is 0.465 e. The highest BCUT2D eigenvalue weighted by atomic mass is 16.4. The summed E-state index contributed by atoms with van der Waals surface area (Å²) in [6.45, 7) is 1.57. The number of nitrogens with two attached hydrogens (primary N) is 1. The third kappa shape index (κ3) is 3.66. The van der Waals surface area contributed by atoms with Crippen molar-refractivity contribution < 1.29 is 14.7 Å². The minimum absolute atomic E-state index is 0.0882. The molecule has 2 heterocycles. The van der Waals surface area contributed by atoms with Gasteiger partial charge in [-0.05, 0) is 30.5 Å². The van der Waals surface area contributed by atoms with E-state index in [9.17, 15) is 14.7 Å². The number of para-hydroxylation sites is 1. The molecule has 8 heteroatoms. The second-order valence-electron chi connectivity index (χ2n) is 7.34. The van der Waals surface area contributed by atoms with Gasteiger partial charge in [0.25, 0.3) is 5.91 Å². The van der Waals surface area contributed by atoms with E-state index in [1.165, 1.54) is 4.90 Å². The number of aromatic amines is 1. The number of rotatable bonds is 5. The number of hydrogen-bond acceptors (Lipinski definition) is 4. The number of carbonyl (C=O) groups is 2. The Balaban J connectivity index is 1.54. The molecule has 0 bridgehead atoms. The second-order valence-corrected chi connectivity index (χ2v) is 7.34. The fourth-order valence-corrected chi connectivity index (χ4v) is 3.93. The average Bonchev–Trinajstić information content (AvgIpc) is 3.34. The van der Waals surface area contributed by atoms with E-state index in [0.717, 1.165) is 36.0 Å². The quantitative estimate of drug-likeness (QED) is 0.616. The number of H-pyrrole nitrogens is 1. The SMILES string of the molecule is CN(C(=O)O)C1CCCN1Cc1ccc(-c2nc3c(C(N)=O)cccc3[nH]2)cc1. The van der Waals surface area contributed by atoms with Gasteiger partial charge in [0.2, 0.25) is 0 Å². The zero-order valence-corrected chi connectivity index (χ0v) is 16.1. The van der Waals surface area contributed by atoms with Crippen LogP contribution in [0.3, 0.4) is 0 Å². The molecular weight excluding hydrogens is 370 g/mol. The molecule has 1 aliphatic heterocycles. The highest BCUT2D eigenvalue weighted by Gasteiger charge is 2.30. The van der Waals surface area contributed by atoms with Gasteiger partial charge in [0, 0.05) is 25.7 Å². The van der Waals surface area contributed by atoms with Gasteiger partial charge in [-0.2, -0.15) is 0 Å². The molecule has 1 aliphatic rings. The van der Waals surface area contributed by atoms with Crippen LogP contribution in [0.4, 0.5) is 4.79 Å². The molecule has 1 atom stereocenters. The number of carboxylic acid groups (broad SMARTS) is 1. The van der Waals surface area contributed by atoms with Crippen LogP contribution < -0.4 is 5.73 Å². The summed E-state index contributed by atoms with van der Waals surface area (Å²) in [5, 5.41) is 9.26. The van der Waals surface area contributed by atoms with Crippen molar-refractivity contribution in [3.63, 3.8) is 0 Å². The first kappa shape index (κ1) is 18.9. The highest BCUT2D eigenvalue weighted by molar-refractivity contribution is 6.04. The van der Waals surface area contributed by atoms with Crippen molar-refractivity contribution in [3.05, 3.63) is 53.6 Å². The monoisotopic (exact) mass is 393 g/mol. The van der Waals surface area contributed by atoms with Crippen molar-refractivity contribution in [2.45, 2.75) is 25.6 Å². The van der Waals surface area contributed by atoms with Crippen LogP contribution in [-0.4, -0.2) is 56.6 Å². The van der Waals surface area contributed by atoms with Crippen LogP contribution in [0.1, 0.15) is 28.8 Å². The minimum atomic E-state index is -0.905. The summed E-state index contributed by atoms with van der Waals surface area (Å²) in [5.41, 5.74) is 9.17. The summed E-state index contributed by atoms with van der Waals surface area (Å²) in [6.07, 6.45) is 0.844. The summed E-state index contributed by atoms with van der Waals surface area (Å²) in [6, 6.07) is 13.3. The van der Waals surface area contributed by atoms with E-state index in [0.29, 0.717) is 23.4 Å². The Morgan fingerprint density at radius 2 is 2.03 bits per heavy atom. The molecule has 0 spiro atoms. The number of primary amides is 1. The van der Waals surface area contributed by atoms with E-state index in [-0.39, 0.29) is 6.17 Å². The van der Waals surface area contributed by atoms with Crippen molar-refractivity contribution in [1.82, 2.24) is 19.8 Å². The number of amides is 2. The summed E-state index contributed by atoms with van der Waals surface area (Å²) < 4.78 is 0. The van der Waals surface area contributed by atoms with E-state index >= 15 is 0 Å². The Morgan fingerprint density at radius 3 is 2.72 bits per heavy atom. The number of benzene rings is 2. The molecule has 1 saturated heterocycles. The maximum Gasteiger partial charge on any atom is 0.408 e. The third-order valence-electron chi connectivity index (χ3n) is 5.47. The summed E-state index contributed by atoms with van der Waals surface area (Å²) in [7, 11) is 1.62. The molecule has 3 aromatic rings. The standard InChI is InChI=1S/C21H23N5O3/c1-25(21(28)29)17-6-3-11-26(17)12-13-7-9-14(10-8-13)20-23-16-5-2-4-15(19(22)27)18(16)24-20/h2,4-5,7-10,17H,3,6,11-12H2,1H3,(H2,22,27)(H,23,24)(H,28,29). The molecule has 0 radical (unpaired) electrons. The lowest BCUT2D eigenvalue weighted by Crippen LogP contribution is -2.44. The van der Waals surface area contributed by atoms with Gasteiger partial charge in [-0.15, -0.1) is 0 Å². The number of nitrogens with one attached hydrogen (secondary N) is 1. The van der Waals surface area contributed by atoms with Crippen LogP contribution in [0.25, 0.3) is 22.4 Å². The number of hydrogen-bond donors (Lipinski definition) is 3. The molecule has 1 unspecified atom stereocenters. The number of aromatic nitrogens is 2. The molecule has 4 rings (SSSR count). The van der Waals surface area contributed by atoms with Crippen LogP contribution >= 0.6 is 0 Å². The Labute approximate surface area is 167 Å².